The van der Waals surface area contributed by atoms with Gasteiger partial charge in [0.05, 0.1) is 5.70 Å². The van der Waals surface area contributed by atoms with Gasteiger partial charge in [-0.25, -0.2) is 0 Å². The van der Waals surface area contributed by atoms with Crippen molar-refractivity contribution in [3.05, 3.63) is 54.0 Å². The molecular formula is C15H22FN5O2. The molecule has 0 radical (unpaired) electrons. The highest BCUT2D eigenvalue weighted by molar-refractivity contribution is 5.98. The molecule has 1 unspecified atom stereocenters. The summed E-state index contributed by atoms with van der Waals surface area (Å²) in [4.78, 5) is 0. The average Bonchev–Trinajstić information content (AvgIpc) is 2.50. The van der Waals surface area contributed by atoms with Crippen molar-refractivity contribution >= 4 is 11.5 Å². The summed E-state index contributed by atoms with van der Waals surface area (Å²) in [6, 6.07) is 4.92. The Morgan fingerprint density at radius 2 is 2.17 bits per heavy atom. The van der Waals surface area contributed by atoms with E-state index in [1.807, 2.05) is 6.92 Å². The maximum absolute atomic E-state index is 13.3. The fourth-order valence-corrected chi connectivity index (χ4v) is 1.91. The molecule has 0 aromatic heterocycles. The minimum absolute atomic E-state index is 0.205. The number of halogens is 1. The Morgan fingerprint density at radius 1 is 1.48 bits per heavy atom. The zero-order valence-corrected chi connectivity index (χ0v) is 13.3. The molecule has 0 aliphatic carbocycles. The van der Waals surface area contributed by atoms with Crippen molar-refractivity contribution in [3.63, 3.8) is 0 Å². The summed E-state index contributed by atoms with van der Waals surface area (Å²) in [5, 5.41) is 30.8. The number of hydrogen-bond donors (Lipinski definition) is 5. The molecule has 1 atom stereocenters. The highest BCUT2D eigenvalue weighted by atomic mass is 19.2. The summed E-state index contributed by atoms with van der Waals surface area (Å²) >= 11 is 0. The number of nitrogens with zero attached hydrogens (tertiary/aromatic N) is 2. The SMILES string of the molecule is C=CN/C(=C\NC)C(O)Nc1cc(/C(=N/O)N(C)F)ccc1C. The van der Waals surface area contributed by atoms with Gasteiger partial charge in [-0.15, -0.1) is 0 Å². The molecule has 0 aliphatic heterocycles. The van der Waals surface area contributed by atoms with Crippen molar-refractivity contribution in [3.8, 4) is 0 Å². The summed E-state index contributed by atoms with van der Waals surface area (Å²) in [7, 11) is 2.82. The van der Waals surface area contributed by atoms with E-state index in [0.29, 0.717) is 16.9 Å². The van der Waals surface area contributed by atoms with E-state index in [1.165, 1.54) is 6.20 Å². The van der Waals surface area contributed by atoms with Crippen molar-refractivity contribution in [1.82, 2.24) is 15.8 Å². The van der Waals surface area contributed by atoms with Crippen LogP contribution in [-0.4, -0.2) is 41.6 Å². The predicted octanol–water partition coefficient (Wildman–Crippen LogP) is 1.47. The number of aliphatic hydroxyl groups excluding tert-OH is 1. The van der Waals surface area contributed by atoms with Crippen molar-refractivity contribution in [2.75, 3.05) is 19.4 Å². The number of benzene rings is 1. The quantitative estimate of drug-likeness (QED) is 0.130. The lowest BCUT2D eigenvalue weighted by molar-refractivity contribution is 0.152. The molecule has 5 N–H and O–H groups in total. The minimum atomic E-state index is -1.05. The lowest BCUT2D eigenvalue weighted by Crippen LogP contribution is -2.29. The van der Waals surface area contributed by atoms with Crippen LogP contribution in [0.2, 0.25) is 0 Å². The lowest BCUT2D eigenvalue weighted by Gasteiger charge is -2.20. The van der Waals surface area contributed by atoms with Crippen LogP contribution in [0.3, 0.4) is 0 Å². The van der Waals surface area contributed by atoms with Crippen LogP contribution >= 0.6 is 0 Å². The second-order valence-corrected chi connectivity index (χ2v) is 4.71. The van der Waals surface area contributed by atoms with Crippen molar-refractivity contribution < 1.29 is 14.8 Å². The Labute approximate surface area is 134 Å². The normalized spacial score (nSPS) is 13.3. The first-order valence-electron chi connectivity index (χ1n) is 6.86. The largest absolute Gasteiger partial charge is 0.409 e. The Hall–Kier alpha value is -2.74. The number of aliphatic hydroxyl groups is 1. The van der Waals surface area contributed by atoms with Crippen LogP contribution in [-0.2, 0) is 0 Å². The summed E-state index contributed by atoms with van der Waals surface area (Å²) < 4.78 is 13.3. The molecule has 0 aliphatic rings. The number of nitrogens with one attached hydrogen (secondary N) is 3. The molecule has 126 valence electrons. The van der Waals surface area contributed by atoms with Gasteiger partial charge in [0.15, 0.2) is 6.23 Å². The van der Waals surface area contributed by atoms with E-state index >= 15 is 0 Å². The van der Waals surface area contributed by atoms with Gasteiger partial charge in [0.25, 0.3) is 0 Å². The van der Waals surface area contributed by atoms with E-state index in [0.717, 1.165) is 12.6 Å². The van der Waals surface area contributed by atoms with Crippen LogP contribution in [0.5, 0.6) is 0 Å². The zero-order valence-electron chi connectivity index (χ0n) is 13.3. The highest BCUT2D eigenvalue weighted by Gasteiger charge is 2.14. The Balaban J connectivity index is 3.08. The lowest BCUT2D eigenvalue weighted by atomic mass is 10.1. The highest BCUT2D eigenvalue weighted by Crippen LogP contribution is 2.20. The van der Waals surface area contributed by atoms with Crippen LogP contribution in [0.4, 0.5) is 10.2 Å². The van der Waals surface area contributed by atoms with Crippen LogP contribution < -0.4 is 16.0 Å². The van der Waals surface area contributed by atoms with Crippen LogP contribution in [0, 0.1) is 6.92 Å². The Kier molecular flexibility index (Phi) is 6.88. The number of rotatable bonds is 7. The van der Waals surface area contributed by atoms with E-state index in [-0.39, 0.29) is 11.0 Å². The van der Waals surface area contributed by atoms with Gasteiger partial charge >= 0.3 is 0 Å². The van der Waals surface area contributed by atoms with E-state index in [1.54, 1.807) is 31.4 Å². The first-order valence-corrected chi connectivity index (χ1v) is 6.86. The monoisotopic (exact) mass is 323 g/mol. The molecule has 0 heterocycles. The molecular weight excluding hydrogens is 301 g/mol. The zero-order chi connectivity index (χ0) is 17.4. The number of aryl methyl sites for hydroxylation is 1. The third-order valence-corrected chi connectivity index (χ3v) is 3.04. The van der Waals surface area contributed by atoms with Gasteiger partial charge < -0.3 is 26.3 Å². The molecule has 8 heteroatoms. The second kappa shape index (κ2) is 8.64. The molecule has 0 fully saturated rings. The molecule has 7 nitrogen and oxygen atoms in total. The van der Waals surface area contributed by atoms with Crippen LogP contribution in [0.1, 0.15) is 11.1 Å². The van der Waals surface area contributed by atoms with Gasteiger partial charge in [0, 0.05) is 31.5 Å². The topological polar surface area (TPSA) is 92.2 Å². The molecule has 0 saturated heterocycles. The first kappa shape index (κ1) is 18.3. The molecule has 0 bridgehead atoms. The molecule has 0 spiro atoms. The Bertz CT molecular complexity index is 602. The molecule has 23 heavy (non-hydrogen) atoms. The first-order chi connectivity index (χ1) is 10.9. The maximum atomic E-state index is 13.3. The van der Waals surface area contributed by atoms with Crippen LogP contribution in [0.25, 0.3) is 0 Å². The van der Waals surface area contributed by atoms with E-state index < -0.39 is 6.23 Å². The Morgan fingerprint density at radius 3 is 2.70 bits per heavy atom. The van der Waals surface area contributed by atoms with Gasteiger partial charge in [-0.1, -0.05) is 28.3 Å². The summed E-state index contributed by atoms with van der Waals surface area (Å²) in [5.41, 5.74) is 2.19. The minimum Gasteiger partial charge on any atom is -0.409 e. The third-order valence-electron chi connectivity index (χ3n) is 3.04. The van der Waals surface area contributed by atoms with Crippen molar-refractivity contribution in [2.24, 2.45) is 5.16 Å². The number of oxime groups is 1. The van der Waals surface area contributed by atoms with Gasteiger partial charge in [0.1, 0.15) is 0 Å². The fraction of sp³-hybridized carbons (Fsp3) is 0.267. The summed E-state index contributed by atoms with van der Waals surface area (Å²) in [6.07, 6.45) is 1.97. The summed E-state index contributed by atoms with van der Waals surface area (Å²) in [5.74, 6) is -0.238. The van der Waals surface area contributed by atoms with Crippen molar-refractivity contribution in [2.45, 2.75) is 13.2 Å². The molecule has 1 rings (SSSR count). The standard InChI is InChI=1S/C15H22FN5O2/c1-5-18-13(9-17-3)15(22)19-12-8-11(7-6-10(12)2)14(20-23)21(4)16/h5-9,15,17-19,22-23H,1H2,2-4H3/b13-9-,20-14-. The molecule has 0 saturated carbocycles. The van der Waals surface area contributed by atoms with Gasteiger partial charge in [-0.3, -0.25) is 0 Å². The van der Waals surface area contributed by atoms with Crippen molar-refractivity contribution in [1.29, 1.82) is 0 Å². The maximum Gasteiger partial charge on any atom is 0.202 e. The third kappa shape index (κ3) is 4.89. The van der Waals surface area contributed by atoms with Crippen LogP contribution in [0.15, 0.2) is 48.0 Å². The average molecular weight is 323 g/mol. The smallest absolute Gasteiger partial charge is 0.202 e. The van der Waals surface area contributed by atoms with Gasteiger partial charge in [-0.05, 0) is 24.8 Å². The molecule has 0 amide bonds. The summed E-state index contributed by atoms with van der Waals surface area (Å²) in [6.45, 7) is 5.38. The number of hydrogen-bond acceptors (Lipinski definition) is 6. The van der Waals surface area contributed by atoms with E-state index in [4.69, 9.17) is 5.21 Å². The number of anilines is 1. The second-order valence-electron chi connectivity index (χ2n) is 4.71. The predicted molar refractivity (Wildman–Crippen MR) is 88.5 cm³/mol. The van der Waals surface area contributed by atoms with E-state index in [2.05, 4.69) is 27.7 Å². The van der Waals surface area contributed by atoms with Gasteiger partial charge in [0.2, 0.25) is 5.84 Å². The molecule has 1 aromatic rings. The number of amidine groups is 1. The van der Waals surface area contributed by atoms with E-state index in [9.17, 15) is 9.59 Å². The fourth-order valence-electron chi connectivity index (χ4n) is 1.91. The van der Waals surface area contributed by atoms with Gasteiger partial charge in [-0.2, -0.15) is 5.12 Å². The molecule has 1 aromatic carbocycles.